The van der Waals surface area contributed by atoms with Gasteiger partial charge in [0, 0.05) is 56.8 Å². The summed E-state index contributed by atoms with van der Waals surface area (Å²) in [7, 11) is 0. The van der Waals surface area contributed by atoms with E-state index in [1.807, 2.05) is 30.3 Å². The Balaban J connectivity index is 0.00000651. The van der Waals surface area contributed by atoms with Crippen molar-refractivity contribution in [1.29, 1.82) is 0 Å². The smallest absolute Gasteiger partial charge is 0.508 e. The van der Waals surface area contributed by atoms with Crippen molar-refractivity contribution < 1.29 is 29.7 Å². The molecule has 10 nitrogen and oxygen atoms in total. The Kier molecular flexibility index (Phi) is 15.3. The molecular formula is C70H70N8O2Zn. The van der Waals surface area contributed by atoms with Crippen molar-refractivity contribution in [3.8, 4) is 75.0 Å². The van der Waals surface area contributed by atoms with Crippen molar-refractivity contribution >= 4 is 44.1 Å². The second-order valence-corrected chi connectivity index (χ2v) is 23.8. The molecule has 5 aromatic carbocycles. The van der Waals surface area contributed by atoms with Crippen LogP contribution < -0.4 is 9.97 Å². The first-order valence-electron chi connectivity index (χ1n) is 29.9. The van der Waals surface area contributed by atoms with Crippen LogP contribution in [0.5, 0.6) is 5.75 Å². The number of rotatable bonds is 13. The van der Waals surface area contributed by atoms with Gasteiger partial charge in [-0.2, -0.15) is 0 Å². The molecule has 5 heterocycles. The Bertz CT molecular complexity index is 4050. The molecule has 11 heteroatoms. The predicted molar refractivity (Wildman–Crippen MR) is 321 cm³/mol. The van der Waals surface area contributed by atoms with Crippen molar-refractivity contribution in [3.63, 3.8) is 0 Å². The maximum absolute atomic E-state index is 12.3. The van der Waals surface area contributed by atoms with Crippen LogP contribution in [0.1, 0.15) is 163 Å². The molecule has 5 atom stereocenters. The van der Waals surface area contributed by atoms with Crippen LogP contribution in [0.25, 0.3) is 89.7 Å². The molecule has 3 aliphatic carbocycles. The summed E-state index contributed by atoms with van der Waals surface area (Å²) in [4.78, 5) is 42.0. The molecule has 2 N–H and O–H groups in total. The van der Waals surface area contributed by atoms with E-state index in [9.17, 15) is 10.2 Å². The zero-order chi connectivity index (χ0) is 54.5. The monoisotopic (exact) mass is 1120 g/mol. The third-order valence-corrected chi connectivity index (χ3v) is 18.9. The second kappa shape index (κ2) is 22.7. The average Bonchev–Trinajstić information content (AvgIpc) is 4.41. The average molecular weight is 1120 g/mol. The Morgan fingerprint density at radius 1 is 0.556 bits per heavy atom. The number of fused-ring (bicyclic) bond motifs is 25. The normalized spacial score (nSPS) is 20.2. The molecular weight excluding hydrogens is 1050 g/mol. The van der Waals surface area contributed by atoms with E-state index >= 15 is 0 Å². The van der Waals surface area contributed by atoms with E-state index in [1.165, 1.54) is 27.8 Å². The molecule has 0 radical (unpaired) electrons. The van der Waals surface area contributed by atoms with Crippen LogP contribution in [0, 0.1) is 40.9 Å². The van der Waals surface area contributed by atoms with Crippen LogP contribution in [-0.2, 0) is 45.2 Å². The van der Waals surface area contributed by atoms with Crippen molar-refractivity contribution in [2.75, 3.05) is 0 Å². The zero-order valence-electron chi connectivity index (χ0n) is 47.5. The summed E-state index contributed by atoms with van der Waals surface area (Å²) in [6.45, 7) is 9.04. The maximum Gasteiger partial charge on any atom is 2.00 e. The van der Waals surface area contributed by atoms with Crippen LogP contribution in [0.3, 0.4) is 0 Å². The topological polar surface area (TPSA) is 146 Å². The molecule has 13 rings (SSSR count). The summed E-state index contributed by atoms with van der Waals surface area (Å²) >= 11 is 0. The molecule has 8 bridgehead atoms. The van der Waals surface area contributed by atoms with Crippen LogP contribution >= 0.6 is 0 Å². The molecule has 8 aromatic rings. The largest absolute Gasteiger partial charge is 2.00 e. The first-order chi connectivity index (χ1) is 39.1. The van der Waals surface area contributed by atoms with Crippen LogP contribution in [0.15, 0.2) is 91.0 Å². The van der Waals surface area contributed by atoms with E-state index < -0.39 is 5.60 Å². The van der Waals surface area contributed by atoms with Crippen LogP contribution in [-0.4, -0.2) is 45.7 Å². The molecule has 2 fully saturated rings. The quantitative estimate of drug-likeness (QED) is 0.0650. The molecule has 5 aliphatic rings. The second-order valence-electron chi connectivity index (χ2n) is 23.8. The van der Waals surface area contributed by atoms with E-state index in [4.69, 9.17) is 39.9 Å². The Labute approximate surface area is 488 Å². The summed E-state index contributed by atoms with van der Waals surface area (Å²) < 4.78 is 0. The standard InChI is InChI=1S/C70H70N8O2.Zn/c1-5-8-17-43-21-27-52-56(38-43)65-71-61(52)73-66-58-40-45(19-10-7-3)23-29-54(58)63(75-66)77-68-59-41-46(24-30-55(59)64(78-68)76-67-57-39-44(18-9-6-2)22-28-53(57)62(72-65)74-67)20-15-13-11-12-14-16-35-70(80)37-34-60-51-31-25-47-42-48(79)26-32-49(47)50(51)33-36-69(60,70)4;/h21-24,26-30,32,38-42,50-51,60,80H,5-10,12,14,16-19,25,31,33-37H2,1-4H3,(H-2,71,72,73,74,75,76,77,78,79);/q-2;+2/t50-,51-,60+,69+,70-;/m1./s1. The summed E-state index contributed by atoms with van der Waals surface area (Å²) in [5.74, 6) is 17.1. The predicted octanol–water partition coefficient (Wildman–Crippen LogP) is 15.1. The molecule has 81 heavy (non-hydrogen) atoms. The van der Waals surface area contributed by atoms with Gasteiger partial charge < -0.3 is 40.1 Å². The fourth-order valence-electron chi connectivity index (χ4n) is 14.4. The van der Waals surface area contributed by atoms with Gasteiger partial charge >= 0.3 is 19.5 Å². The molecule has 404 valence electrons. The fourth-order valence-corrected chi connectivity index (χ4v) is 14.4. The maximum atomic E-state index is 12.3. The number of aliphatic hydroxyl groups is 1. The number of aryl methyl sites for hydroxylation is 4. The van der Waals surface area contributed by atoms with Crippen molar-refractivity contribution in [3.05, 3.63) is 124 Å². The minimum atomic E-state index is -0.643. The van der Waals surface area contributed by atoms with Crippen molar-refractivity contribution in [2.45, 2.75) is 161 Å². The van der Waals surface area contributed by atoms with Gasteiger partial charge in [0.25, 0.3) is 0 Å². The number of aromatic hydroxyl groups is 1. The SMILES string of the molecule is CCCCc1ccc2c(c1)-c1nc-2nc2[n-]c(nc3nc(nc4[n-]c(n1)c1ccc(CCCC)cc41)-c1ccc(C#CC#CCCCC[C@@]4(O)CC[C@H]5[C@@H]6CCc7cc(O)ccc7[C@H]6CC[C@@]54C)cc1-3)c1ccc(CCCC)cc21.[Zn+2]. The molecule has 2 saturated carbocycles. The number of hydrogen-bond donors (Lipinski definition) is 2. The fraction of sp³-hybridized carbons (Fsp3) is 0.400. The van der Waals surface area contributed by atoms with E-state index in [-0.39, 0.29) is 24.9 Å². The number of phenols is 1. The van der Waals surface area contributed by atoms with Gasteiger partial charge in [0.2, 0.25) is 0 Å². The van der Waals surface area contributed by atoms with Gasteiger partial charge in [-0.25, -0.2) is 9.97 Å². The van der Waals surface area contributed by atoms with Gasteiger partial charge in [-0.3, -0.25) is 0 Å². The van der Waals surface area contributed by atoms with Gasteiger partial charge in [-0.15, -0.1) is 0 Å². The summed E-state index contributed by atoms with van der Waals surface area (Å²) in [6, 6.07) is 31.7. The molecule has 0 amide bonds. The van der Waals surface area contributed by atoms with Crippen LogP contribution in [0.2, 0.25) is 0 Å². The first-order valence-corrected chi connectivity index (χ1v) is 29.9. The minimum Gasteiger partial charge on any atom is -0.508 e. The summed E-state index contributed by atoms with van der Waals surface area (Å²) in [6.07, 6.45) is 19.2. The number of aromatic nitrogens is 8. The summed E-state index contributed by atoms with van der Waals surface area (Å²) in [5, 5.41) is 26.1. The third-order valence-electron chi connectivity index (χ3n) is 18.9. The van der Waals surface area contributed by atoms with Gasteiger partial charge in [0.05, 0.1) is 28.9 Å². The molecule has 0 spiro atoms. The summed E-state index contributed by atoms with van der Waals surface area (Å²) in [5.41, 5.74) is 12.2. The number of phenolic OH excluding ortho intramolecular Hbond substituents is 1. The number of nitrogens with zero attached hydrogens (tertiary/aromatic N) is 8. The van der Waals surface area contributed by atoms with Gasteiger partial charge in [-0.05, 0) is 211 Å². The zero-order valence-corrected chi connectivity index (χ0v) is 50.5. The van der Waals surface area contributed by atoms with E-state index in [1.54, 1.807) is 0 Å². The minimum absolute atomic E-state index is 0. The van der Waals surface area contributed by atoms with E-state index in [0.717, 1.165) is 171 Å². The van der Waals surface area contributed by atoms with Gasteiger partial charge in [0.1, 0.15) is 5.75 Å². The van der Waals surface area contributed by atoms with Gasteiger partial charge in [0.15, 0.2) is 0 Å². The van der Waals surface area contributed by atoms with Crippen molar-refractivity contribution in [2.24, 2.45) is 17.3 Å². The van der Waals surface area contributed by atoms with Crippen molar-refractivity contribution in [1.82, 2.24) is 39.9 Å². The van der Waals surface area contributed by atoms with E-state index in [0.29, 0.717) is 69.4 Å². The Hall–Kier alpha value is -7.04. The van der Waals surface area contributed by atoms with E-state index in [2.05, 4.69) is 112 Å². The number of hydrogen-bond acceptors (Lipinski definition) is 8. The first kappa shape index (κ1) is 54.5. The molecule has 2 aliphatic heterocycles. The number of benzene rings is 5. The Morgan fingerprint density at radius 3 is 1.75 bits per heavy atom. The number of unbranched alkanes of at least 4 members (excludes halogenated alkanes) is 5. The molecule has 0 unspecified atom stereocenters. The third kappa shape index (κ3) is 10.2. The van der Waals surface area contributed by atoms with Gasteiger partial charge in [-0.1, -0.05) is 119 Å². The van der Waals surface area contributed by atoms with Crippen LogP contribution in [0.4, 0.5) is 0 Å². The molecule has 0 saturated heterocycles. The molecule has 3 aromatic heterocycles. The Morgan fingerprint density at radius 2 is 1.12 bits per heavy atom.